The van der Waals surface area contributed by atoms with Gasteiger partial charge in [0.05, 0.1) is 0 Å². The number of hydrogen-bond acceptors (Lipinski definition) is 6. The Kier molecular flexibility index (Phi) is 53.7. The van der Waals surface area contributed by atoms with Gasteiger partial charge in [-0.3, -0.25) is 14.4 Å². The van der Waals surface area contributed by atoms with Crippen molar-refractivity contribution in [3.8, 4) is 0 Å². The van der Waals surface area contributed by atoms with Gasteiger partial charge in [0.25, 0.3) is 0 Å². The number of ether oxygens (including phenoxy) is 3. The summed E-state index contributed by atoms with van der Waals surface area (Å²) in [5.41, 5.74) is 0. The van der Waals surface area contributed by atoms with Crippen LogP contribution in [0.2, 0.25) is 0 Å². The molecule has 1 unspecified atom stereocenters. The van der Waals surface area contributed by atoms with Gasteiger partial charge in [0.2, 0.25) is 0 Å². The molecule has 0 aliphatic rings. The van der Waals surface area contributed by atoms with Gasteiger partial charge >= 0.3 is 17.9 Å². The number of hydrogen-bond donors (Lipinski definition) is 0. The lowest BCUT2D eigenvalue weighted by Gasteiger charge is -2.18. The molecule has 0 saturated heterocycles. The quantitative estimate of drug-likeness (QED) is 0.0262. The number of rotatable bonds is 54. The fourth-order valence-corrected chi connectivity index (χ4v) is 8.77. The normalized spacial score (nSPS) is 12.1. The van der Waals surface area contributed by atoms with Crippen LogP contribution in [0.5, 0.6) is 0 Å². The Morgan fingerprint density at radius 3 is 0.864 bits per heavy atom. The average Bonchev–Trinajstić information content (AvgIpc) is 3.31. The Bertz CT molecular complexity index is 1070. The van der Waals surface area contributed by atoms with Gasteiger partial charge in [0.15, 0.2) is 6.10 Å². The molecule has 66 heavy (non-hydrogen) atoms. The Labute approximate surface area is 411 Å². The van der Waals surface area contributed by atoms with Crippen LogP contribution in [0.25, 0.3) is 0 Å². The van der Waals surface area contributed by atoms with Crippen LogP contribution in [0.15, 0.2) is 24.3 Å². The molecular weight excluding hydrogens is 817 g/mol. The molecule has 388 valence electrons. The van der Waals surface area contributed by atoms with Crippen molar-refractivity contribution in [2.45, 2.75) is 329 Å². The van der Waals surface area contributed by atoms with Crippen molar-refractivity contribution in [3.63, 3.8) is 0 Å². The third-order valence-electron chi connectivity index (χ3n) is 13.2. The average molecular weight is 930 g/mol. The molecule has 6 heteroatoms. The van der Waals surface area contributed by atoms with Crippen molar-refractivity contribution in [1.82, 2.24) is 0 Å². The van der Waals surface area contributed by atoms with Crippen LogP contribution in [0.1, 0.15) is 323 Å². The highest BCUT2D eigenvalue weighted by molar-refractivity contribution is 5.71. The van der Waals surface area contributed by atoms with Crippen LogP contribution < -0.4 is 0 Å². The molecule has 0 radical (unpaired) electrons. The van der Waals surface area contributed by atoms with Crippen molar-refractivity contribution in [2.75, 3.05) is 13.2 Å². The first kappa shape index (κ1) is 63.9. The second kappa shape index (κ2) is 55.5. The maximum absolute atomic E-state index is 12.8. The first-order valence-electron chi connectivity index (χ1n) is 29.3. The molecule has 0 aromatic heterocycles. The van der Waals surface area contributed by atoms with Gasteiger partial charge in [0, 0.05) is 19.3 Å². The van der Waals surface area contributed by atoms with Gasteiger partial charge in [-0.2, -0.15) is 0 Å². The predicted molar refractivity (Wildman–Crippen MR) is 284 cm³/mol. The van der Waals surface area contributed by atoms with Gasteiger partial charge in [-0.25, -0.2) is 0 Å². The van der Waals surface area contributed by atoms with Crippen LogP contribution in [0, 0.1) is 0 Å². The van der Waals surface area contributed by atoms with E-state index in [-0.39, 0.29) is 31.1 Å². The Balaban J connectivity index is 4.13. The number of esters is 3. The highest BCUT2D eigenvalue weighted by Gasteiger charge is 2.19. The summed E-state index contributed by atoms with van der Waals surface area (Å²) in [5, 5.41) is 0. The zero-order valence-electron chi connectivity index (χ0n) is 44.5. The molecule has 0 amide bonds. The van der Waals surface area contributed by atoms with Crippen LogP contribution in [-0.4, -0.2) is 37.2 Å². The summed E-state index contributed by atoms with van der Waals surface area (Å²) < 4.78 is 16.8. The largest absolute Gasteiger partial charge is 0.462 e. The highest BCUT2D eigenvalue weighted by atomic mass is 16.6. The van der Waals surface area contributed by atoms with E-state index in [2.05, 4.69) is 45.1 Å². The summed E-state index contributed by atoms with van der Waals surface area (Å²) in [4.78, 5) is 38.0. The second-order valence-corrected chi connectivity index (χ2v) is 19.9. The zero-order valence-corrected chi connectivity index (χ0v) is 44.5. The van der Waals surface area contributed by atoms with E-state index in [0.717, 1.165) is 64.2 Å². The van der Waals surface area contributed by atoms with Gasteiger partial charge in [0.1, 0.15) is 13.2 Å². The molecule has 0 heterocycles. The van der Waals surface area contributed by atoms with Crippen LogP contribution in [0.3, 0.4) is 0 Å². The molecule has 0 spiro atoms. The topological polar surface area (TPSA) is 78.9 Å². The van der Waals surface area contributed by atoms with Gasteiger partial charge in [-0.15, -0.1) is 0 Å². The molecule has 0 aromatic rings. The minimum absolute atomic E-state index is 0.0680. The van der Waals surface area contributed by atoms with E-state index in [1.807, 2.05) is 0 Å². The smallest absolute Gasteiger partial charge is 0.306 e. The first-order chi connectivity index (χ1) is 32.5. The Morgan fingerprint density at radius 1 is 0.303 bits per heavy atom. The summed E-state index contributed by atoms with van der Waals surface area (Å²) in [6, 6.07) is 0. The third-order valence-corrected chi connectivity index (χ3v) is 13.2. The molecule has 1 atom stereocenters. The van der Waals surface area contributed by atoms with Crippen molar-refractivity contribution < 1.29 is 28.6 Å². The number of allylic oxidation sites excluding steroid dienone is 4. The summed E-state index contributed by atoms with van der Waals surface area (Å²) in [5.74, 6) is -0.859. The first-order valence-corrected chi connectivity index (χ1v) is 29.3. The van der Waals surface area contributed by atoms with Crippen molar-refractivity contribution in [3.05, 3.63) is 24.3 Å². The van der Waals surface area contributed by atoms with Crippen LogP contribution in [-0.2, 0) is 28.6 Å². The molecule has 6 nitrogen and oxygen atoms in total. The molecule has 0 aromatic carbocycles. The lowest BCUT2D eigenvalue weighted by molar-refractivity contribution is -0.167. The van der Waals surface area contributed by atoms with Crippen LogP contribution in [0.4, 0.5) is 0 Å². The standard InChI is InChI=1S/C60H112O6/c1-4-7-10-13-16-18-20-22-24-26-28-29-30-32-33-35-37-39-41-44-47-50-53-59(62)65-56-57(55-64-58(61)52-49-46-43-15-12-9-6-3)66-60(63)54-51-48-45-42-40-38-36-34-31-27-25-23-21-19-17-14-11-8-5-2/h17,19,23,25,57H,4-16,18,20-22,24,26-56H2,1-3H3/b19-17-,25-23-. The molecule has 0 saturated carbocycles. The van der Waals surface area contributed by atoms with Gasteiger partial charge < -0.3 is 14.2 Å². The highest BCUT2D eigenvalue weighted by Crippen LogP contribution is 2.17. The Hall–Kier alpha value is -2.11. The maximum atomic E-state index is 12.8. The van der Waals surface area contributed by atoms with E-state index in [0.29, 0.717) is 19.3 Å². The van der Waals surface area contributed by atoms with Crippen LogP contribution >= 0.6 is 0 Å². The van der Waals surface area contributed by atoms with Gasteiger partial charge in [-0.05, 0) is 51.4 Å². The summed E-state index contributed by atoms with van der Waals surface area (Å²) in [6.07, 6.45) is 64.8. The van der Waals surface area contributed by atoms with Crippen molar-refractivity contribution in [1.29, 1.82) is 0 Å². The van der Waals surface area contributed by atoms with Gasteiger partial charge in [-0.1, -0.05) is 276 Å². The zero-order chi connectivity index (χ0) is 47.9. The minimum Gasteiger partial charge on any atom is -0.462 e. The fourth-order valence-electron chi connectivity index (χ4n) is 8.77. The maximum Gasteiger partial charge on any atom is 0.306 e. The summed E-state index contributed by atoms with van der Waals surface area (Å²) >= 11 is 0. The second-order valence-electron chi connectivity index (χ2n) is 19.9. The molecule has 0 aliphatic heterocycles. The molecule has 0 bridgehead atoms. The predicted octanol–water partition coefficient (Wildman–Crippen LogP) is 19.5. The molecule has 0 N–H and O–H groups in total. The monoisotopic (exact) mass is 929 g/mol. The van der Waals surface area contributed by atoms with E-state index >= 15 is 0 Å². The van der Waals surface area contributed by atoms with E-state index < -0.39 is 6.10 Å². The number of carbonyl (C=O) groups is 3. The number of unbranched alkanes of at least 4 members (excludes halogenated alkanes) is 39. The van der Waals surface area contributed by atoms with Crippen molar-refractivity contribution in [2.24, 2.45) is 0 Å². The molecule has 0 aliphatic carbocycles. The molecular formula is C60H112O6. The van der Waals surface area contributed by atoms with Crippen molar-refractivity contribution >= 4 is 17.9 Å². The Morgan fingerprint density at radius 2 is 0.545 bits per heavy atom. The van der Waals surface area contributed by atoms with E-state index in [9.17, 15) is 14.4 Å². The molecule has 0 fully saturated rings. The minimum atomic E-state index is -0.767. The third kappa shape index (κ3) is 52.9. The fraction of sp³-hybridized carbons (Fsp3) is 0.883. The lowest BCUT2D eigenvalue weighted by atomic mass is 10.0. The number of carbonyl (C=O) groups excluding carboxylic acids is 3. The van der Waals surface area contributed by atoms with E-state index in [1.54, 1.807) is 0 Å². The lowest BCUT2D eigenvalue weighted by Crippen LogP contribution is -2.30. The summed E-state index contributed by atoms with van der Waals surface area (Å²) in [6.45, 7) is 6.62. The molecule has 0 rings (SSSR count). The van der Waals surface area contributed by atoms with E-state index in [1.165, 1.54) is 218 Å². The SMILES string of the molecule is CCCCC/C=C\C/C=C\CCCCCCCCCCCC(=O)OC(COC(=O)CCCCCCCCC)COC(=O)CCCCCCCCCCCCCCCCCCCCCCCC. The summed E-state index contributed by atoms with van der Waals surface area (Å²) in [7, 11) is 0. The van der Waals surface area contributed by atoms with E-state index in [4.69, 9.17) is 14.2 Å².